The summed E-state index contributed by atoms with van der Waals surface area (Å²) < 4.78 is 0. The summed E-state index contributed by atoms with van der Waals surface area (Å²) in [5.41, 5.74) is 0.192. The van der Waals surface area contributed by atoms with Crippen molar-refractivity contribution in [3.05, 3.63) is 30.1 Å². The standard InChI is InChI=1S/C14H19N3O2/c1-4-14(3)13(19)16-10(2)12(18)17(14)9-11-5-7-15-8-6-11/h5-8,10H,4,9H2,1-3H3,(H,16,19). The fourth-order valence-corrected chi connectivity index (χ4v) is 2.29. The Morgan fingerprint density at radius 2 is 2.00 bits per heavy atom. The molecule has 0 saturated carbocycles. The zero-order chi connectivity index (χ0) is 14.0. The molecule has 1 saturated heterocycles. The Morgan fingerprint density at radius 1 is 1.37 bits per heavy atom. The van der Waals surface area contributed by atoms with Gasteiger partial charge in [-0.2, -0.15) is 0 Å². The van der Waals surface area contributed by atoms with E-state index in [2.05, 4.69) is 10.3 Å². The van der Waals surface area contributed by atoms with Gasteiger partial charge in [0, 0.05) is 18.9 Å². The molecule has 1 aromatic rings. The van der Waals surface area contributed by atoms with Crippen LogP contribution < -0.4 is 5.32 Å². The maximum atomic E-state index is 12.3. The minimum atomic E-state index is -0.785. The first-order valence-electron chi connectivity index (χ1n) is 6.50. The van der Waals surface area contributed by atoms with Crippen molar-refractivity contribution in [2.75, 3.05) is 0 Å². The number of piperazine rings is 1. The SMILES string of the molecule is CCC1(C)C(=O)NC(C)C(=O)N1Cc1ccncc1. The van der Waals surface area contributed by atoms with Gasteiger partial charge in [-0.3, -0.25) is 14.6 Å². The molecule has 0 bridgehead atoms. The number of hydrogen-bond acceptors (Lipinski definition) is 3. The Kier molecular flexibility index (Phi) is 3.55. The first-order chi connectivity index (χ1) is 8.99. The van der Waals surface area contributed by atoms with Crippen LogP contribution in [0.4, 0.5) is 0 Å². The van der Waals surface area contributed by atoms with Gasteiger partial charge in [-0.25, -0.2) is 0 Å². The van der Waals surface area contributed by atoms with E-state index in [0.717, 1.165) is 5.56 Å². The van der Waals surface area contributed by atoms with E-state index < -0.39 is 11.6 Å². The Bertz CT molecular complexity index is 489. The minimum absolute atomic E-state index is 0.0410. The number of nitrogens with one attached hydrogen (secondary N) is 1. The summed E-state index contributed by atoms with van der Waals surface area (Å²) in [7, 11) is 0. The molecule has 1 aromatic heterocycles. The maximum absolute atomic E-state index is 12.3. The average Bonchev–Trinajstić information content (AvgIpc) is 2.42. The Labute approximate surface area is 113 Å². The molecule has 1 aliphatic heterocycles. The van der Waals surface area contributed by atoms with Crippen molar-refractivity contribution in [1.29, 1.82) is 0 Å². The van der Waals surface area contributed by atoms with Crippen LogP contribution in [0, 0.1) is 0 Å². The summed E-state index contributed by atoms with van der Waals surface area (Å²) in [4.78, 5) is 30.2. The first kappa shape index (κ1) is 13.5. The zero-order valence-corrected chi connectivity index (χ0v) is 11.5. The largest absolute Gasteiger partial charge is 0.343 e. The number of carbonyl (C=O) groups excluding carboxylic acids is 2. The number of carbonyl (C=O) groups is 2. The molecule has 5 heteroatoms. The molecule has 1 fully saturated rings. The van der Waals surface area contributed by atoms with E-state index in [1.54, 1.807) is 24.2 Å². The van der Waals surface area contributed by atoms with Crippen molar-refractivity contribution in [3.63, 3.8) is 0 Å². The molecule has 0 radical (unpaired) electrons. The lowest BCUT2D eigenvalue weighted by molar-refractivity contribution is -0.157. The molecule has 5 nitrogen and oxygen atoms in total. The number of amides is 2. The lowest BCUT2D eigenvalue weighted by Crippen LogP contribution is -2.68. The van der Waals surface area contributed by atoms with Gasteiger partial charge in [-0.05, 0) is 38.0 Å². The molecular formula is C14H19N3O2. The van der Waals surface area contributed by atoms with Crippen molar-refractivity contribution in [3.8, 4) is 0 Å². The smallest absolute Gasteiger partial charge is 0.246 e. The van der Waals surface area contributed by atoms with E-state index in [-0.39, 0.29) is 11.8 Å². The second kappa shape index (κ2) is 4.99. The Morgan fingerprint density at radius 3 is 2.58 bits per heavy atom. The van der Waals surface area contributed by atoms with Crippen LogP contribution in [0.5, 0.6) is 0 Å². The van der Waals surface area contributed by atoms with Crippen LogP contribution >= 0.6 is 0 Å². The van der Waals surface area contributed by atoms with Crippen LogP contribution in [0.3, 0.4) is 0 Å². The predicted molar refractivity (Wildman–Crippen MR) is 71.1 cm³/mol. The summed E-state index contributed by atoms with van der Waals surface area (Å²) in [5, 5.41) is 2.74. The third-order valence-electron chi connectivity index (χ3n) is 3.85. The molecule has 0 spiro atoms. The van der Waals surface area contributed by atoms with E-state index in [4.69, 9.17) is 0 Å². The zero-order valence-electron chi connectivity index (χ0n) is 11.5. The third kappa shape index (κ3) is 2.32. The fourth-order valence-electron chi connectivity index (χ4n) is 2.29. The molecule has 102 valence electrons. The van der Waals surface area contributed by atoms with Gasteiger partial charge in [-0.15, -0.1) is 0 Å². The van der Waals surface area contributed by atoms with E-state index in [9.17, 15) is 9.59 Å². The van der Waals surface area contributed by atoms with Gasteiger partial charge in [0.1, 0.15) is 11.6 Å². The maximum Gasteiger partial charge on any atom is 0.246 e. The Balaban J connectivity index is 2.32. The summed E-state index contributed by atoms with van der Waals surface area (Å²) >= 11 is 0. The van der Waals surface area contributed by atoms with Gasteiger partial charge < -0.3 is 10.2 Å². The topological polar surface area (TPSA) is 62.3 Å². The predicted octanol–water partition coefficient (Wildman–Crippen LogP) is 1.10. The Hall–Kier alpha value is -1.91. The van der Waals surface area contributed by atoms with Crippen molar-refractivity contribution < 1.29 is 9.59 Å². The van der Waals surface area contributed by atoms with Crippen LogP contribution in [0.2, 0.25) is 0 Å². The quantitative estimate of drug-likeness (QED) is 0.886. The van der Waals surface area contributed by atoms with Crippen molar-refractivity contribution in [2.45, 2.75) is 45.3 Å². The molecule has 0 aromatic carbocycles. The number of hydrogen-bond donors (Lipinski definition) is 1. The second-order valence-corrected chi connectivity index (χ2v) is 5.10. The van der Waals surface area contributed by atoms with Crippen molar-refractivity contribution in [2.24, 2.45) is 0 Å². The molecule has 2 rings (SSSR count). The molecule has 19 heavy (non-hydrogen) atoms. The van der Waals surface area contributed by atoms with E-state index in [1.807, 2.05) is 26.0 Å². The highest BCUT2D eigenvalue weighted by molar-refractivity contribution is 5.99. The van der Waals surface area contributed by atoms with Crippen molar-refractivity contribution >= 4 is 11.8 Å². The summed E-state index contributed by atoms with van der Waals surface area (Å²) in [6.45, 7) is 5.88. The molecule has 2 heterocycles. The number of rotatable bonds is 3. The lowest BCUT2D eigenvalue weighted by Gasteiger charge is -2.45. The molecule has 0 aliphatic carbocycles. The number of aromatic nitrogens is 1. The van der Waals surface area contributed by atoms with Crippen LogP contribution in [0.1, 0.15) is 32.8 Å². The highest BCUT2D eigenvalue weighted by Crippen LogP contribution is 2.26. The van der Waals surface area contributed by atoms with Crippen molar-refractivity contribution in [1.82, 2.24) is 15.2 Å². The summed E-state index contributed by atoms with van der Waals surface area (Å²) in [5.74, 6) is -0.128. The van der Waals surface area contributed by atoms with Gasteiger partial charge in [0.05, 0.1) is 0 Å². The van der Waals surface area contributed by atoms with Crippen LogP contribution in [0.25, 0.3) is 0 Å². The normalized spacial score (nSPS) is 27.3. The van der Waals surface area contributed by atoms with Gasteiger partial charge in [0.25, 0.3) is 0 Å². The monoisotopic (exact) mass is 261 g/mol. The summed E-state index contributed by atoms with van der Waals surface area (Å²) in [6, 6.07) is 3.26. The van der Waals surface area contributed by atoms with Gasteiger partial charge in [0.2, 0.25) is 11.8 Å². The fraction of sp³-hybridized carbons (Fsp3) is 0.500. The number of pyridine rings is 1. The summed E-state index contributed by atoms with van der Waals surface area (Å²) in [6.07, 6.45) is 3.97. The molecule has 1 N–H and O–H groups in total. The van der Waals surface area contributed by atoms with Crippen LogP contribution in [-0.4, -0.2) is 33.3 Å². The van der Waals surface area contributed by atoms with E-state index >= 15 is 0 Å². The molecule has 2 atom stereocenters. The molecule has 1 aliphatic rings. The van der Waals surface area contributed by atoms with Gasteiger partial charge in [-0.1, -0.05) is 6.92 Å². The van der Waals surface area contributed by atoms with Gasteiger partial charge >= 0.3 is 0 Å². The van der Waals surface area contributed by atoms with Crippen LogP contribution in [0.15, 0.2) is 24.5 Å². The highest BCUT2D eigenvalue weighted by Gasteiger charge is 2.46. The number of nitrogens with zero attached hydrogens (tertiary/aromatic N) is 2. The molecule has 2 unspecified atom stereocenters. The third-order valence-corrected chi connectivity index (χ3v) is 3.85. The molecule has 2 amide bonds. The van der Waals surface area contributed by atoms with Crippen LogP contribution in [-0.2, 0) is 16.1 Å². The van der Waals surface area contributed by atoms with E-state index in [1.165, 1.54) is 0 Å². The second-order valence-electron chi connectivity index (χ2n) is 5.10. The first-order valence-corrected chi connectivity index (χ1v) is 6.50. The van der Waals surface area contributed by atoms with Gasteiger partial charge in [0.15, 0.2) is 0 Å². The lowest BCUT2D eigenvalue weighted by atomic mass is 9.90. The van der Waals surface area contributed by atoms with E-state index in [0.29, 0.717) is 13.0 Å². The highest BCUT2D eigenvalue weighted by atomic mass is 16.2. The molecular weight excluding hydrogens is 242 g/mol. The minimum Gasteiger partial charge on any atom is -0.343 e. The average molecular weight is 261 g/mol.